The van der Waals surface area contributed by atoms with Crippen LogP contribution in [0.25, 0.3) is 0 Å². The Bertz CT molecular complexity index is 45.3. The van der Waals surface area contributed by atoms with Crippen molar-refractivity contribution in [2.24, 2.45) is 5.73 Å². The minimum absolute atomic E-state index is 0.144. The molecule has 44 valence electrons. The molecule has 0 aromatic heterocycles. The van der Waals surface area contributed by atoms with E-state index >= 15 is 0 Å². The van der Waals surface area contributed by atoms with Gasteiger partial charge in [-0.3, -0.25) is 0 Å². The van der Waals surface area contributed by atoms with E-state index in [-0.39, 0.29) is 12.1 Å². The molecule has 0 heterocycles. The molecule has 2 heteroatoms. The number of methoxy groups -OCH3 is 1. The van der Waals surface area contributed by atoms with Crippen LogP contribution in [0.15, 0.2) is 0 Å². The van der Waals surface area contributed by atoms with Gasteiger partial charge in [-0.2, -0.15) is 0 Å². The summed E-state index contributed by atoms with van der Waals surface area (Å²) in [5.74, 6) is 0. The quantitative estimate of drug-likeness (QED) is 0.548. The van der Waals surface area contributed by atoms with Gasteiger partial charge in [0.15, 0.2) is 0 Å². The van der Waals surface area contributed by atoms with Gasteiger partial charge in [-0.15, -0.1) is 0 Å². The van der Waals surface area contributed by atoms with Crippen LogP contribution in [-0.4, -0.2) is 19.3 Å². The van der Waals surface area contributed by atoms with Crippen LogP contribution in [0, 0.1) is 0 Å². The molecular formula is C5H13NO. The Morgan fingerprint density at radius 1 is 1.43 bits per heavy atom. The lowest BCUT2D eigenvalue weighted by Crippen LogP contribution is -2.30. The van der Waals surface area contributed by atoms with E-state index in [4.69, 9.17) is 10.5 Å². The molecule has 0 saturated carbocycles. The third kappa shape index (κ3) is 2.60. The second kappa shape index (κ2) is 2.99. The van der Waals surface area contributed by atoms with Crippen molar-refractivity contribution in [2.75, 3.05) is 7.11 Å². The minimum Gasteiger partial charge on any atom is -0.380 e. The van der Waals surface area contributed by atoms with Gasteiger partial charge in [0.05, 0.1) is 6.10 Å². The summed E-state index contributed by atoms with van der Waals surface area (Å²) in [6.07, 6.45) is 0.181. The zero-order valence-electron chi connectivity index (χ0n) is 5.14. The summed E-state index contributed by atoms with van der Waals surface area (Å²) >= 11 is 0. The molecule has 0 spiro atoms. The van der Waals surface area contributed by atoms with Crippen molar-refractivity contribution < 1.29 is 4.74 Å². The molecule has 0 aliphatic heterocycles. The first-order chi connectivity index (χ1) is 3.18. The lowest BCUT2D eigenvalue weighted by molar-refractivity contribution is 0.101. The predicted molar refractivity (Wildman–Crippen MR) is 30.1 cm³/mol. The zero-order valence-corrected chi connectivity index (χ0v) is 5.14. The Kier molecular flexibility index (Phi) is 2.96. The molecule has 0 aromatic rings. The summed E-state index contributed by atoms with van der Waals surface area (Å²) in [7, 11) is 1.66. The van der Waals surface area contributed by atoms with Crippen molar-refractivity contribution in [1.29, 1.82) is 0 Å². The molecule has 2 N–H and O–H groups in total. The predicted octanol–water partition coefficient (Wildman–Crippen LogP) is 0.368. The second-order valence-corrected chi connectivity index (χ2v) is 1.80. The van der Waals surface area contributed by atoms with Crippen molar-refractivity contribution in [3.8, 4) is 0 Å². The van der Waals surface area contributed by atoms with Gasteiger partial charge < -0.3 is 10.5 Å². The Morgan fingerprint density at radius 2 is 1.86 bits per heavy atom. The smallest absolute Gasteiger partial charge is 0.0691 e. The Labute approximate surface area is 44.7 Å². The van der Waals surface area contributed by atoms with Crippen molar-refractivity contribution in [3.63, 3.8) is 0 Å². The maximum Gasteiger partial charge on any atom is 0.0691 e. The number of ether oxygens (including phenoxy) is 1. The molecule has 0 radical (unpaired) electrons. The van der Waals surface area contributed by atoms with Crippen LogP contribution in [0.5, 0.6) is 0 Å². The summed E-state index contributed by atoms with van der Waals surface area (Å²) in [5, 5.41) is 0. The van der Waals surface area contributed by atoms with Crippen LogP contribution in [0.4, 0.5) is 0 Å². The zero-order chi connectivity index (χ0) is 5.86. The van der Waals surface area contributed by atoms with Crippen LogP contribution in [0.3, 0.4) is 0 Å². The summed E-state index contributed by atoms with van der Waals surface area (Å²) < 4.78 is 4.89. The van der Waals surface area contributed by atoms with Crippen LogP contribution in [0.1, 0.15) is 13.8 Å². The van der Waals surface area contributed by atoms with Crippen LogP contribution < -0.4 is 5.73 Å². The van der Waals surface area contributed by atoms with Gasteiger partial charge >= 0.3 is 0 Å². The van der Waals surface area contributed by atoms with E-state index in [0.29, 0.717) is 0 Å². The molecule has 0 saturated heterocycles. The molecule has 0 unspecified atom stereocenters. The van der Waals surface area contributed by atoms with Crippen LogP contribution in [-0.2, 0) is 4.74 Å². The number of nitrogens with two attached hydrogens (primary N) is 1. The molecule has 0 aromatic carbocycles. The fourth-order valence-electron chi connectivity index (χ4n) is 0.215. The Morgan fingerprint density at radius 3 is 1.86 bits per heavy atom. The molecule has 0 amide bonds. The normalized spacial score (nSPS) is 18.9. The molecule has 0 aliphatic carbocycles. The molecular weight excluding hydrogens is 90.1 g/mol. The molecule has 2 nitrogen and oxygen atoms in total. The minimum atomic E-state index is 0.144. The van der Waals surface area contributed by atoms with Gasteiger partial charge in [0.2, 0.25) is 0 Å². The first-order valence-electron chi connectivity index (χ1n) is 2.47. The van der Waals surface area contributed by atoms with Crippen molar-refractivity contribution in [2.45, 2.75) is 26.0 Å². The summed E-state index contributed by atoms with van der Waals surface area (Å²) in [5.41, 5.74) is 5.42. The molecule has 7 heavy (non-hydrogen) atoms. The fourth-order valence-corrected chi connectivity index (χ4v) is 0.215. The number of hydrogen-bond donors (Lipinski definition) is 1. The molecule has 0 rings (SSSR count). The summed E-state index contributed by atoms with van der Waals surface area (Å²) in [6, 6.07) is 0.144. The lowest BCUT2D eigenvalue weighted by Gasteiger charge is -2.11. The largest absolute Gasteiger partial charge is 0.380 e. The van der Waals surface area contributed by atoms with Crippen LogP contribution >= 0.6 is 0 Å². The molecule has 0 fully saturated rings. The lowest BCUT2D eigenvalue weighted by atomic mass is 10.2. The van der Waals surface area contributed by atoms with Crippen molar-refractivity contribution in [3.05, 3.63) is 0 Å². The highest BCUT2D eigenvalue weighted by atomic mass is 16.5. The van der Waals surface area contributed by atoms with E-state index < -0.39 is 0 Å². The maximum absolute atomic E-state index is 5.42. The third-order valence-corrected chi connectivity index (χ3v) is 1.11. The van der Waals surface area contributed by atoms with E-state index in [1.54, 1.807) is 7.11 Å². The SMILES string of the molecule is CO[C@H](C)[C@@H](C)N. The van der Waals surface area contributed by atoms with Crippen molar-refractivity contribution in [1.82, 2.24) is 0 Å². The standard InChI is InChI=1S/C5H13NO/c1-4(6)5(2)7-3/h4-5H,6H2,1-3H3/t4-,5-/m1/s1. The van der Waals surface area contributed by atoms with Gasteiger partial charge in [-0.1, -0.05) is 0 Å². The average Bonchev–Trinajstić information content (AvgIpc) is 1.65. The van der Waals surface area contributed by atoms with E-state index in [1.807, 2.05) is 13.8 Å². The monoisotopic (exact) mass is 103 g/mol. The van der Waals surface area contributed by atoms with Gasteiger partial charge in [-0.25, -0.2) is 0 Å². The van der Waals surface area contributed by atoms with Gasteiger partial charge in [-0.05, 0) is 13.8 Å². The highest BCUT2D eigenvalue weighted by Gasteiger charge is 2.02. The fraction of sp³-hybridized carbons (Fsp3) is 1.00. The maximum atomic E-state index is 5.42. The Hall–Kier alpha value is -0.0800. The average molecular weight is 103 g/mol. The van der Waals surface area contributed by atoms with Crippen LogP contribution in [0.2, 0.25) is 0 Å². The number of hydrogen-bond acceptors (Lipinski definition) is 2. The topological polar surface area (TPSA) is 35.2 Å². The third-order valence-electron chi connectivity index (χ3n) is 1.11. The highest BCUT2D eigenvalue weighted by molar-refractivity contribution is 4.60. The van der Waals surface area contributed by atoms with Crippen molar-refractivity contribution >= 4 is 0 Å². The summed E-state index contributed by atoms with van der Waals surface area (Å²) in [6.45, 7) is 3.87. The highest BCUT2D eigenvalue weighted by Crippen LogP contribution is 1.89. The van der Waals surface area contributed by atoms with E-state index in [0.717, 1.165) is 0 Å². The van der Waals surface area contributed by atoms with Gasteiger partial charge in [0.1, 0.15) is 0 Å². The molecule has 0 bridgehead atoms. The summed E-state index contributed by atoms with van der Waals surface area (Å²) in [4.78, 5) is 0. The van der Waals surface area contributed by atoms with E-state index in [2.05, 4.69) is 0 Å². The molecule has 0 aliphatic rings. The number of rotatable bonds is 2. The molecule has 2 atom stereocenters. The Balaban J connectivity index is 3.14. The first kappa shape index (κ1) is 6.92. The first-order valence-corrected chi connectivity index (χ1v) is 2.47. The van der Waals surface area contributed by atoms with E-state index in [1.165, 1.54) is 0 Å². The van der Waals surface area contributed by atoms with Gasteiger partial charge in [0, 0.05) is 13.2 Å². The second-order valence-electron chi connectivity index (χ2n) is 1.80. The van der Waals surface area contributed by atoms with Gasteiger partial charge in [0.25, 0.3) is 0 Å². The van der Waals surface area contributed by atoms with E-state index in [9.17, 15) is 0 Å².